The zero-order valence-electron chi connectivity index (χ0n) is 20.8. The van der Waals surface area contributed by atoms with Crippen molar-refractivity contribution in [2.45, 2.75) is 38.4 Å². The molecule has 1 saturated heterocycles. The number of amides is 1. The van der Waals surface area contributed by atoms with Gasteiger partial charge in [0.2, 0.25) is 0 Å². The number of nitrogens with one attached hydrogen (secondary N) is 1. The minimum Gasteiger partial charge on any atom is -0.494 e. The number of halogens is 5. The highest BCUT2D eigenvalue weighted by Gasteiger charge is 2.45. The molecule has 1 unspecified atom stereocenters. The molecule has 1 aliphatic rings. The van der Waals surface area contributed by atoms with E-state index in [4.69, 9.17) is 21.3 Å². The van der Waals surface area contributed by atoms with Gasteiger partial charge in [-0.1, -0.05) is 23.7 Å². The molecule has 198 valence electrons. The SMILES string of the molecule is COc1ccc(-c2ccc(C(F)(F)F)cc2)c(C(=O)N2CCCC2(C)c2nc3c(C)c(Cl)ccc3[nH]2)c1F. The zero-order chi connectivity index (χ0) is 27.4. The monoisotopic (exact) mass is 545 g/mol. The van der Waals surface area contributed by atoms with Crippen LogP contribution in [0, 0.1) is 12.7 Å². The fourth-order valence-corrected chi connectivity index (χ4v) is 5.27. The number of likely N-dealkylation sites (tertiary alicyclic amines) is 1. The van der Waals surface area contributed by atoms with Gasteiger partial charge in [-0.25, -0.2) is 9.37 Å². The molecule has 1 fully saturated rings. The van der Waals surface area contributed by atoms with E-state index in [1.54, 1.807) is 11.0 Å². The first-order valence-corrected chi connectivity index (χ1v) is 12.3. The molecule has 5 rings (SSSR count). The van der Waals surface area contributed by atoms with E-state index in [0.717, 1.165) is 23.2 Å². The summed E-state index contributed by atoms with van der Waals surface area (Å²) in [6.45, 7) is 4.06. The molecule has 1 atom stereocenters. The van der Waals surface area contributed by atoms with Crippen molar-refractivity contribution in [3.8, 4) is 16.9 Å². The van der Waals surface area contributed by atoms with Crippen molar-refractivity contribution < 1.29 is 27.1 Å². The summed E-state index contributed by atoms with van der Waals surface area (Å²) in [5.74, 6) is -1.08. The van der Waals surface area contributed by atoms with Gasteiger partial charge in [-0.15, -0.1) is 0 Å². The molecule has 1 aliphatic heterocycles. The number of hydrogen-bond donors (Lipinski definition) is 1. The van der Waals surface area contributed by atoms with Crippen molar-refractivity contribution >= 4 is 28.5 Å². The Morgan fingerprint density at radius 3 is 2.50 bits per heavy atom. The molecule has 0 bridgehead atoms. The molecule has 2 heterocycles. The van der Waals surface area contributed by atoms with Crippen LogP contribution in [0.15, 0.2) is 48.5 Å². The van der Waals surface area contributed by atoms with Gasteiger partial charge in [-0.3, -0.25) is 4.79 Å². The minimum atomic E-state index is -4.52. The first-order chi connectivity index (χ1) is 18.0. The Kier molecular flexibility index (Phi) is 6.38. The Morgan fingerprint density at radius 2 is 1.84 bits per heavy atom. The normalized spacial score (nSPS) is 17.8. The number of hydrogen-bond acceptors (Lipinski definition) is 3. The fourth-order valence-electron chi connectivity index (χ4n) is 5.12. The van der Waals surface area contributed by atoms with Gasteiger partial charge in [0.15, 0.2) is 11.6 Å². The highest BCUT2D eigenvalue weighted by molar-refractivity contribution is 6.32. The predicted molar refractivity (Wildman–Crippen MR) is 137 cm³/mol. The van der Waals surface area contributed by atoms with Crippen LogP contribution in [0.5, 0.6) is 5.75 Å². The Bertz CT molecular complexity index is 1550. The summed E-state index contributed by atoms with van der Waals surface area (Å²) in [6.07, 6.45) is -3.29. The minimum absolute atomic E-state index is 0.140. The van der Waals surface area contributed by atoms with Gasteiger partial charge in [-0.2, -0.15) is 13.2 Å². The maximum atomic E-state index is 15.7. The molecule has 0 radical (unpaired) electrons. The number of H-pyrrole nitrogens is 1. The van der Waals surface area contributed by atoms with E-state index in [1.165, 1.54) is 31.4 Å². The quantitative estimate of drug-likeness (QED) is 0.270. The van der Waals surface area contributed by atoms with Gasteiger partial charge in [0, 0.05) is 11.6 Å². The lowest BCUT2D eigenvalue weighted by atomic mass is 9.94. The number of rotatable bonds is 4. The number of imidazole rings is 1. The number of fused-ring (bicyclic) bond motifs is 1. The van der Waals surface area contributed by atoms with Crippen molar-refractivity contribution in [2.75, 3.05) is 13.7 Å². The lowest BCUT2D eigenvalue weighted by Crippen LogP contribution is -2.44. The number of aromatic nitrogens is 2. The number of carbonyl (C=O) groups excluding carboxylic acids is 1. The van der Waals surface area contributed by atoms with Crippen LogP contribution in [0.25, 0.3) is 22.2 Å². The second-order valence-corrected chi connectivity index (χ2v) is 9.97. The van der Waals surface area contributed by atoms with Crippen molar-refractivity contribution in [1.82, 2.24) is 14.9 Å². The van der Waals surface area contributed by atoms with Crippen LogP contribution in [0.4, 0.5) is 17.6 Å². The molecule has 4 aromatic rings. The maximum Gasteiger partial charge on any atom is 0.416 e. The predicted octanol–water partition coefficient (Wildman–Crippen LogP) is 7.51. The molecule has 0 aliphatic carbocycles. The number of aryl methyl sites for hydroxylation is 1. The van der Waals surface area contributed by atoms with E-state index < -0.39 is 29.0 Å². The number of alkyl halides is 3. The van der Waals surface area contributed by atoms with Crippen LogP contribution in [0.2, 0.25) is 5.02 Å². The van der Waals surface area contributed by atoms with Crippen LogP contribution in [0.1, 0.15) is 47.1 Å². The van der Waals surface area contributed by atoms with E-state index in [9.17, 15) is 18.0 Å². The lowest BCUT2D eigenvalue weighted by Gasteiger charge is -2.34. The fraction of sp³-hybridized carbons (Fsp3) is 0.286. The van der Waals surface area contributed by atoms with Crippen molar-refractivity contribution in [1.29, 1.82) is 0 Å². The first-order valence-electron chi connectivity index (χ1n) is 12.0. The second kappa shape index (κ2) is 9.31. The molecule has 0 spiro atoms. The highest BCUT2D eigenvalue weighted by atomic mass is 35.5. The van der Waals surface area contributed by atoms with Crippen molar-refractivity contribution in [3.63, 3.8) is 0 Å². The second-order valence-electron chi connectivity index (χ2n) is 9.57. The number of benzene rings is 3. The Hall–Kier alpha value is -3.59. The molecule has 38 heavy (non-hydrogen) atoms. The summed E-state index contributed by atoms with van der Waals surface area (Å²) in [7, 11) is 1.28. The van der Waals surface area contributed by atoms with E-state index in [2.05, 4.69) is 4.98 Å². The number of ether oxygens (including phenoxy) is 1. The molecule has 0 saturated carbocycles. The van der Waals surface area contributed by atoms with Gasteiger partial charge in [-0.05, 0) is 79.8 Å². The van der Waals surface area contributed by atoms with Gasteiger partial charge < -0.3 is 14.6 Å². The average Bonchev–Trinajstić information content (AvgIpc) is 3.50. The van der Waals surface area contributed by atoms with Gasteiger partial charge in [0.05, 0.1) is 34.8 Å². The molecule has 1 amide bonds. The van der Waals surface area contributed by atoms with Gasteiger partial charge in [0.25, 0.3) is 5.91 Å². The number of methoxy groups -OCH3 is 1. The third kappa shape index (κ3) is 4.18. The van der Waals surface area contributed by atoms with E-state index >= 15 is 4.39 Å². The van der Waals surface area contributed by atoms with Gasteiger partial charge in [0.1, 0.15) is 5.82 Å². The topological polar surface area (TPSA) is 58.2 Å². The number of aromatic amines is 1. The molecule has 3 aromatic carbocycles. The molecule has 10 heteroatoms. The lowest BCUT2D eigenvalue weighted by molar-refractivity contribution is -0.137. The smallest absolute Gasteiger partial charge is 0.416 e. The van der Waals surface area contributed by atoms with Crippen molar-refractivity contribution in [3.05, 3.63) is 81.9 Å². The summed E-state index contributed by atoms with van der Waals surface area (Å²) in [6, 6.07) is 10.7. The maximum absolute atomic E-state index is 15.7. The average molecular weight is 546 g/mol. The van der Waals surface area contributed by atoms with E-state index in [0.29, 0.717) is 35.8 Å². The standard InChI is InChI=1S/C28H24ClF4N3O2/c1-15-19(29)10-11-20-24(15)35-26(34-20)27(2)13-4-14-36(27)25(37)22-18(9-12-21(38-3)23(22)30)16-5-7-17(8-6-16)28(31,32)33/h5-12H,4,13-14H2,1-3H3,(H,34,35). The third-order valence-corrected chi connectivity index (χ3v) is 7.71. The molecular weight excluding hydrogens is 522 g/mol. The highest BCUT2D eigenvalue weighted by Crippen LogP contribution is 2.42. The van der Waals surface area contributed by atoms with Crippen LogP contribution in [-0.4, -0.2) is 34.4 Å². The van der Waals surface area contributed by atoms with Crippen LogP contribution in [-0.2, 0) is 11.7 Å². The summed E-state index contributed by atoms with van der Waals surface area (Å²) in [5.41, 5.74) is 0.701. The van der Waals surface area contributed by atoms with Crippen molar-refractivity contribution in [2.24, 2.45) is 0 Å². The zero-order valence-corrected chi connectivity index (χ0v) is 21.6. The van der Waals surface area contributed by atoms with E-state index in [1.807, 2.05) is 19.9 Å². The summed E-state index contributed by atoms with van der Waals surface area (Å²) >= 11 is 6.27. The molecular formula is C28H24ClF4N3O2. The largest absolute Gasteiger partial charge is 0.494 e. The number of nitrogens with zero attached hydrogens (tertiary/aromatic N) is 2. The number of carbonyl (C=O) groups is 1. The van der Waals surface area contributed by atoms with Crippen LogP contribution >= 0.6 is 11.6 Å². The summed E-state index contributed by atoms with van der Waals surface area (Å²) in [5, 5.41) is 0.569. The molecule has 5 nitrogen and oxygen atoms in total. The molecule has 1 N–H and O–H groups in total. The summed E-state index contributed by atoms with van der Waals surface area (Å²) < 4.78 is 60.2. The van der Waals surface area contributed by atoms with Crippen LogP contribution < -0.4 is 4.74 Å². The van der Waals surface area contributed by atoms with E-state index in [-0.39, 0.29) is 22.4 Å². The van der Waals surface area contributed by atoms with Crippen LogP contribution in [0.3, 0.4) is 0 Å². The Balaban J connectivity index is 1.61. The third-order valence-electron chi connectivity index (χ3n) is 7.30. The first kappa shape index (κ1) is 26.0. The van der Waals surface area contributed by atoms with Gasteiger partial charge >= 0.3 is 6.18 Å². The molecule has 1 aromatic heterocycles. The summed E-state index contributed by atoms with van der Waals surface area (Å²) in [4.78, 5) is 23.7. The Labute approximate surface area is 221 Å². The Morgan fingerprint density at radius 1 is 1.13 bits per heavy atom.